The number of ether oxygens (including phenoxy) is 2. The molecule has 8 heteroatoms. The van der Waals surface area contributed by atoms with E-state index in [-0.39, 0.29) is 39.6 Å². The first-order valence-electron chi connectivity index (χ1n) is 16.8. The quantitative estimate of drug-likeness (QED) is 0.174. The standard InChI is InChI=1S/C37H52O8/c1-22(2)23-14-19-37(45-31(43)13-11-29(40)41)21-20-35(6)24(32(23)37)8-9-26-34(5)17-16-27(44-30(42)12-10-28(38)39)33(3,4)25(34)15-18-36(26,35)7/h10-13,23-27,32H,1,8-9,14-21H2,2-7H3,(H,38,39)(H,40,41)/b12-10+,13-11+. The molecule has 10 unspecified atom stereocenters. The number of esters is 2. The van der Waals surface area contributed by atoms with Crippen molar-refractivity contribution in [1.29, 1.82) is 0 Å². The van der Waals surface area contributed by atoms with E-state index in [1.54, 1.807) is 0 Å². The number of carboxylic acid groups (broad SMARTS) is 2. The molecule has 0 heterocycles. The summed E-state index contributed by atoms with van der Waals surface area (Å²) in [5.41, 5.74) is 0.461. The van der Waals surface area contributed by atoms with Crippen molar-refractivity contribution in [3.8, 4) is 0 Å². The van der Waals surface area contributed by atoms with Gasteiger partial charge >= 0.3 is 23.9 Å². The van der Waals surface area contributed by atoms with Crippen molar-refractivity contribution in [2.45, 2.75) is 117 Å². The van der Waals surface area contributed by atoms with Gasteiger partial charge in [0.15, 0.2) is 0 Å². The van der Waals surface area contributed by atoms with Crippen molar-refractivity contribution in [1.82, 2.24) is 0 Å². The van der Waals surface area contributed by atoms with Gasteiger partial charge in [0.1, 0.15) is 11.7 Å². The molecule has 0 saturated heterocycles. The lowest BCUT2D eigenvalue weighted by atomic mass is 9.33. The van der Waals surface area contributed by atoms with Crippen LogP contribution in [0, 0.1) is 51.2 Å². The highest BCUT2D eigenvalue weighted by Gasteiger charge is 2.71. The van der Waals surface area contributed by atoms with Crippen molar-refractivity contribution >= 4 is 23.9 Å². The predicted molar refractivity (Wildman–Crippen MR) is 169 cm³/mol. The minimum absolute atomic E-state index is 0.0362. The van der Waals surface area contributed by atoms with Crippen LogP contribution < -0.4 is 0 Å². The fraction of sp³-hybridized carbons (Fsp3) is 0.730. The second-order valence-corrected chi connectivity index (χ2v) is 16.3. The minimum atomic E-state index is -1.17. The van der Waals surface area contributed by atoms with E-state index in [1.165, 1.54) is 0 Å². The average molecular weight is 625 g/mol. The number of fused-ring (bicyclic) bond motifs is 7. The van der Waals surface area contributed by atoms with Gasteiger partial charge in [0, 0.05) is 35.6 Å². The molecule has 0 amide bonds. The fourth-order valence-electron chi connectivity index (χ4n) is 12.1. The molecule has 5 fully saturated rings. The van der Waals surface area contributed by atoms with Gasteiger partial charge in [-0.1, -0.05) is 46.8 Å². The molecule has 0 radical (unpaired) electrons. The van der Waals surface area contributed by atoms with Gasteiger partial charge < -0.3 is 19.7 Å². The Hall–Kier alpha value is -2.90. The van der Waals surface area contributed by atoms with Gasteiger partial charge in [-0.2, -0.15) is 0 Å². The number of carboxylic acids is 2. The number of aliphatic carboxylic acids is 2. The normalized spacial score (nSPS) is 43.4. The smallest absolute Gasteiger partial charge is 0.331 e. The van der Waals surface area contributed by atoms with E-state index in [0.29, 0.717) is 17.8 Å². The Balaban J connectivity index is 1.43. The number of hydrogen-bond donors (Lipinski definition) is 2. The van der Waals surface area contributed by atoms with Crippen molar-refractivity contribution in [3.63, 3.8) is 0 Å². The molecule has 5 rings (SSSR count). The third-order valence-corrected chi connectivity index (χ3v) is 14.2. The Labute approximate surface area is 267 Å². The molecule has 0 aromatic heterocycles. The van der Waals surface area contributed by atoms with Crippen LogP contribution >= 0.6 is 0 Å². The predicted octanol–water partition coefficient (Wildman–Crippen LogP) is 7.13. The summed E-state index contributed by atoms with van der Waals surface area (Å²) < 4.78 is 12.2. The summed E-state index contributed by atoms with van der Waals surface area (Å²) in [6.45, 7) is 18.4. The highest BCUT2D eigenvalue weighted by molar-refractivity contribution is 5.91. The summed E-state index contributed by atoms with van der Waals surface area (Å²) in [5, 5.41) is 18.0. The first-order chi connectivity index (χ1) is 20.9. The molecule has 0 bridgehead atoms. The topological polar surface area (TPSA) is 127 Å². The van der Waals surface area contributed by atoms with Crippen LogP contribution in [-0.2, 0) is 28.7 Å². The molecule has 0 spiro atoms. The van der Waals surface area contributed by atoms with E-state index in [0.717, 1.165) is 94.1 Å². The van der Waals surface area contributed by atoms with Crippen molar-refractivity contribution in [2.24, 2.45) is 51.2 Å². The summed E-state index contributed by atoms with van der Waals surface area (Å²) in [5.74, 6) is -1.87. The van der Waals surface area contributed by atoms with Crippen LogP contribution in [-0.4, -0.2) is 45.8 Å². The molecule has 10 atom stereocenters. The molecule has 0 aromatic rings. The van der Waals surface area contributed by atoms with Gasteiger partial charge in [0.05, 0.1) is 0 Å². The maximum absolute atomic E-state index is 12.9. The molecule has 248 valence electrons. The summed E-state index contributed by atoms with van der Waals surface area (Å²) in [7, 11) is 0. The maximum Gasteiger partial charge on any atom is 0.331 e. The van der Waals surface area contributed by atoms with Crippen LogP contribution in [0.3, 0.4) is 0 Å². The van der Waals surface area contributed by atoms with Crippen molar-refractivity contribution < 1.29 is 38.9 Å². The molecule has 45 heavy (non-hydrogen) atoms. The lowest BCUT2D eigenvalue weighted by molar-refractivity contribution is -0.258. The van der Waals surface area contributed by atoms with E-state index < -0.39 is 29.5 Å². The average Bonchev–Trinajstić information content (AvgIpc) is 3.32. The van der Waals surface area contributed by atoms with Gasteiger partial charge in [-0.15, -0.1) is 0 Å². The van der Waals surface area contributed by atoms with Crippen LogP contribution in [0.1, 0.15) is 106 Å². The monoisotopic (exact) mass is 624 g/mol. The zero-order valence-electron chi connectivity index (χ0n) is 27.9. The fourth-order valence-corrected chi connectivity index (χ4v) is 12.1. The maximum atomic E-state index is 12.9. The van der Waals surface area contributed by atoms with Gasteiger partial charge in [-0.05, 0) is 111 Å². The Morgan fingerprint density at radius 3 is 1.98 bits per heavy atom. The lowest BCUT2D eigenvalue weighted by Gasteiger charge is -2.72. The van der Waals surface area contributed by atoms with E-state index >= 15 is 0 Å². The highest BCUT2D eigenvalue weighted by Crippen LogP contribution is 2.76. The highest BCUT2D eigenvalue weighted by atomic mass is 16.6. The Kier molecular flexibility index (Phi) is 8.49. The van der Waals surface area contributed by atoms with Gasteiger partial charge in [-0.3, -0.25) is 0 Å². The molecule has 2 N–H and O–H groups in total. The molecule has 0 aromatic carbocycles. The first-order valence-corrected chi connectivity index (χ1v) is 16.8. The van der Waals surface area contributed by atoms with Gasteiger partial charge in [0.2, 0.25) is 0 Å². The van der Waals surface area contributed by atoms with Crippen LogP contribution in [0.2, 0.25) is 0 Å². The number of carbonyl (C=O) groups is 4. The molecule has 5 aliphatic carbocycles. The van der Waals surface area contributed by atoms with Crippen LogP contribution in [0.15, 0.2) is 36.5 Å². The Morgan fingerprint density at radius 1 is 0.711 bits per heavy atom. The van der Waals surface area contributed by atoms with Crippen LogP contribution in [0.25, 0.3) is 0 Å². The molecular weight excluding hydrogens is 572 g/mol. The molecular formula is C37H52O8. The first kappa shape index (κ1) is 33.5. The summed E-state index contributed by atoms with van der Waals surface area (Å²) >= 11 is 0. The summed E-state index contributed by atoms with van der Waals surface area (Å²) in [6, 6.07) is 0. The number of allylic oxidation sites excluding steroid dienone is 1. The van der Waals surface area contributed by atoms with Crippen LogP contribution in [0.5, 0.6) is 0 Å². The Morgan fingerprint density at radius 2 is 1.36 bits per heavy atom. The minimum Gasteiger partial charge on any atom is -0.478 e. The second-order valence-electron chi connectivity index (χ2n) is 16.3. The number of carbonyl (C=O) groups excluding carboxylic acids is 2. The molecule has 5 aliphatic rings. The van der Waals surface area contributed by atoms with Gasteiger partial charge in [0.25, 0.3) is 0 Å². The summed E-state index contributed by atoms with van der Waals surface area (Å²) in [6.07, 6.45) is 12.9. The third kappa shape index (κ3) is 5.28. The lowest BCUT2D eigenvalue weighted by Crippen LogP contribution is -2.67. The van der Waals surface area contributed by atoms with E-state index in [1.807, 2.05) is 0 Å². The third-order valence-electron chi connectivity index (χ3n) is 14.2. The van der Waals surface area contributed by atoms with Gasteiger partial charge in [-0.25, -0.2) is 19.2 Å². The number of hydrogen-bond acceptors (Lipinski definition) is 6. The summed E-state index contributed by atoms with van der Waals surface area (Å²) in [4.78, 5) is 47.5. The molecule has 5 saturated carbocycles. The Bertz CT molecular complexity index is 1330. The van der Waals surface area contributed by atoms with E-state index in [4.69, 9.17) is 19.7 Å². The largest absolute Gasteiger partial charge is 0.478 e. The van der Waals surface area contributed by atoms with Crippen molar-refractivity contribution in [3.05, 3.63) is 36.5 Å². The molecule has 0 aliphatic heterocycles. The van der Waals surface area contributed by atoms with E-state index in [2.05, 4.69) is 48.1 Å². The zero-order chi connectivity index (χ0) is 33.2. The zero-order valence-corrected chi connectivity index (χ0v) is 27.9. The molecule has 8 nitrogen and oxygen atoms in total. The van der Waals surface area contributed by atoms with Crippen LogP contribution in [0.4, 0.5) is 0 Å². The van der Waals surface area contributed by atoms with E-state index in [9.17, 15) is 19.2 Å². The number of rotatable bonds is 7. The second kappa shape index (κ2) is 11.4. The SMILES string of the molecule is C=C(C)C1CCC2(OC(=O)/C=C/C(=O)O)CCC3(C)C(CCC4C5(C)CCC(OC(=O)/C=C/C(=O)O)C(C)(C)C5CCC43C)C12. The van der Waals surface area contributed by atoms with Crippen molar-refractivity contribution in [2.75, 3.05) is 0 Å².